The summed E-state index contributed by atoms with van der Waals surface area (Å²) >= 11 is 0. The van der Waals surface area contributed by atoms with Crippen molar-refractivity contribution in [3.8, 4) is 0 Å². The van der Waals surface area contributed by atoms with Gasteiger partial charge in [-0.3, -0.25) is 9.59 Å². The van der Waals surface area contributed by atoms with E-state index in [1.807, 2.05) is 0 Å². The number of hydrogen-bond acceptors (Lipinski definition) is 7. The van der Waals surface area contributed by atoms with Crippen molar-refractivity contribution in [3.05, 3.63) is 36.0 Å². The third-order valence-corrected chi connectivity index (χ3v) is 5.24. The van der Waals surface area contributed by atoms with E-state index in [0.29, 0.717) is 49.0 Å². The molecule has 0 saturated carbocycles. The van der Waals surface area contributed by atoms with Gasteiger partial charge in [-0.1, -0.05) is 18.2 Å². The van der Waals surface area contributed by atoms with Crippen molar-refractivity contribution in [1.29, 1.82) is 0 Å². The van der Waals surface area contributed by atoms with Crippen LogP contribution in [-0.2, 0) is 30.3 Å². The molecule has 0 aliphatic carbocycles. The molecule has 1 aromatic carbocycles. The van der Waals surface area contributed by atoms with Gasteiger partial charge in [-0.25, -0.2) is 9.59 Å². The van der Waals surface area contributed by atoms with E-state index in [2.05, 4.69) is 5.32 Å². The van der Waals surface area contributed by atoms with E-state index in [1.54, 1.807) is 40.7 Å². The predicted molar refractivity (Wildman–Crippen MR) is 114 cm³/mol. The van der Waals surface area contributed by atoms with Crippen LogP contribution in [-0.4, -0.2) is 72.9 Å². The molecule has 0 bridgehead atoms. The Morgan fingerprint density at radius 1 is 1.09 bits per heavy atom. The summed E-state index contributed by atoms with van der Waals surface area (Å²) < 4.78 is 16.5. The Morgan fingerprint density at radius 3 is 2.50 bits per heavy atom. The zero-order valence-corrected chi connectivity index (χ0v) is 18.2. The molecule has 0 unspecified atom stereocenters. The fraction of sp³-hybridized carbons (Fsp3) is 0.455. The van der Waals surface area contributed by atoms with Gasteiger partial charge in [0.2, 0.25) is 0 Å². The number of carbonyl (C=O) groups is 4. The van der Waals surface area contributed by atoms with E-state index in [4.69, 9.17) is 14.2 Å². The van der Waals surface area contributed by atoms with E-state index >= 15 is 0 Å². The van der Waals surface area contributed by atoms with Gasteiger partial charge < -0.3 is 29.0 Å². The number of aromatic nitrogens is 1. The number of fused-ring (bicyclic) bond motifs is 1. The molecular weight excluding hydrogens is 418 g/mol. The fourth-order valence-electron chi connectivity index (χ4n) is 3.67. The van der Waals surface area contributed by atoms with Crippen LogP contribution in [0.2, 0.25) is 0 Å². The van der Waals surface area contributed by atoms with E-state index in [9.17, 15) is 19.2 Å². The van der Waals surface area contributed by atoms with Crippen molar-refractivity contribution in [3.63, 3.8) is 0 Å². The third-order valence-electron chi connectivity index (χ3n) is 5.24. The molecule has 1 aromatic heterocycles. The minimum absolute atomic E-state index is 0.0946. The first kappa shape index (κ1) is 23.1. The SMILES string of the molecule is CCOC(=O)N1CCC(NC(=O)COC(=O)Cn2cc(C(=O)OC)c3ccccc32)CC1. The number of benzene rings is 1. The molecule has 1 aliphatic rings. The highest BCUT2D eigenvalue weighted by Crippen LogP contribution is 2.22. The molecule has 0 radical (unpaired) electrons. The molecule has 1 fully saturated rings. The summed E-state index contributed by atoms with van der Waals surface area (Å²) in [6.45, 7) is 2.51. The van der Waals surface area contributed by atoms with Gasteiger partial charge in [0.15, 0.2) is 6.61 Å². The van der Waals surface area contributed by atoms with Gasteiger partial charge in [-0.2, -0.15) is 0 Å². The Morgan fingerprint density at radius 2 is 1.81 bits per heavy atom. The Labute approximate surface area is 185 Å². The van der Waals surface area contributed by atoms with Gasteiger partial charge >= 0.3 is 18.0 Å². The number of para-hydroxylation sites is 1. The maximum atomic E-state index is 12.3. The molecule has 10 nitrogen and oxygen atoms in total. The largest absolute Gasteiger partial charge is 0.465 e. The van der Waals surface area contributed by atoms with Gasteiger partial charge in [0.1, 0.15) is 6.54 Å². The summed E-state index contributed by atoms with van der Waals surface area (Å²) in [5.74, 6) is -1.50. The molecular formula is C22H27N3O7. The zero-order chi connectivity index (χ0) is 23.1. The van der Waals surface area contributed by atoms with Crippen LogP contribution in [0, 0.1) is 0 Å². The number of likely N-dealkylation sites (tertiary alicyclic amines) is 1. The van der Waals surface area contributed by atoms with Crippen LogP contribution >= 0.6 is 0 Å². The van der Waals surface area contributed by atoms with Gasteiger partial charge in [0.25, 0.3) is 5.91 Å². The van der Waals surface area contributed by atoms with Gasteiger partial charge in [-0.15, -0.1) is 0 Å². The van der Waals surface area contributed by atoms with Gasteiger partial charge in [0, 0.05) is 36.2 Å². The highest BCUT2D eigenvalue weighted by Gasteiger charge is 2.25. The molecule has 0 spiro atoms. The van der Waals surface area contributed by atoms with Gasteiger partial charge in [-0.05, 0) is 25.8 Å². The molecule has 3 rings (SSSR count). The Hall–Kier alpha value is -3.56. The molecule has 1 N–H and O–H groups in total. The Kier molecular flexibility index (Phi) is 7.69. The van der Waals surface area contributed by atoms with Crippen LogP contribution in [0.1, 0.15) is 30.1 Å². The number of ether oxygens (including phenoxy) is 3. The quantitative estimate of drug-likeness (QED) is 0.509. The average molecular weight is 445 g/mol. The minimum atomic E-state index is -0.602. The standard InChI is InChI=1S/C22H27N3O7/c1-3-31-22(29)24-10-8-15(9-11-24)23-19(26)14-32-20(27)13-25-12-17(21(28)30-2)16-6-4-5-7-18(16)25/h4-7,12,15H,3,8-11,13-14H2,1-2H3,(H,23,26). The van der Waals surface area contributed by atoms with Crippen molar-refractivity contribution in [2.45, 2.75) is 32.4 Å². The molecule has 2 amide bonds. The lowest BCUT2D eigenvalue weighted by Gasteiger charge is -2.31. The molecule has 2 heterocycles. The second-order valence-corrected chi connectivity index (χ2v) is 7.37. The summed E-state index contributed by atoms with van der Waals surface area (Å²) in [6.07, 6.45) is 2.39. The number of nitrogens with zero attached hydrogens (tertiary/aromatic N) is 2. The number of methoxy groups -OCH3 is 1. The van der Waals surface area contributed by atoms with Crippen LogP contribution in [0.4, 0.5) is 4.79 Å². The smallest absolute Gasteiger partial charge is 0.409 e. The zero-order valence-electron chi connectivity index (χ0n) is 18.2. The van der Waals surface area contributed by atoms with E-state index in [-0.39, 0.29) is 18.7 Å². The van der Waals surface area contributed by atoms with E-state index in [1.165, 1.54) is 13.3 Å². The van der Waals surface area contributed by atoms with Crippen molar-refractivity contribution < 1.29 is 33.4 Å². The summed E-state index contributed by atoms with van der Waals surface area (Å²) in [5.41, 5.74) is 1.03. The molecule has 0 atom stereocenters. The summed E-state index contributed by atoms with van der Waals surface area (Å²) in [5, 5.41) is 3.49. The van der Waals surface area contributed by atoms with Crippen LogP contribution in [0.15, 0.2) is 30.5 Å². The van der Waals surface area contributed by atoms with E-state index < -0.39 is 24.5 Å². The maximum absolute atomic E-state index is 12.3. The van der Waals surface area contributed by atoms with Crippen LogP contribution in [0.3, 0.4) is 0 Å². The van der Waals surface area contributed by atoms with Crippen LogP contribution in [0.25, 0.3) is 10.9 Å². The Bertz CT molecular complexity index is 993. The normalized spacial score (nSPS) is 14.1. The van der Waals surface area contributed by atoms with Crippen LogP contribution in [0.5, 0.6) is 0 Å². The van der Waals surface area contributed by atoms with Crippen molar-refractivity contribution >= 4 is 34.8 Å². The van der Waals surface area contributed by atoms with Crippen LogP contribution < -0.4 is 5.32 Å². The number of carbonyl (C=O) groups excluding carboxylic acids is 4. The monoisotopic (exact) mass is 445 g/mol. The first-order chi connectivity index (χ1) is 15.4. The number of piperidine rings is 1. The number of amides is 2. The predicted octanol–water partition coefficient (Wildman–Crippen LogP) is 1.71. The average Bonchev–Trinajstić information content (AvgIpc) is 3.16. The molecule has 10 heteroatoms. The topological polar surface area (TPSA) is 116 Å². The summed E-state index contributed by atoms with van der Waals surface area (Å²) in [7, 11) is 1.29. The van der Waals surface area contributed by atoms with Crippen molar-refractivity contribution in [1.82, 2.24) is 14.8 Å². The second kappa shape index (κ2) is 10.7. The fourth-order valence-corrected chi connectivity index (χ4v) is 3.67. The van der Waals surface area contributed by atoms with Crippen molar-refractivity contribution in [2.24, 2.45) is 0 Å². The lowest BCUT2D eigenvalue weighted by atomic mass is 10.1. The van der Waals surface area contributed by atoms with Crippen molar-refractivity contribution in [2.75, 3.05) is 33.4 Å². The lowest BCUT2D eigenvalue weighted by Crippen LogP contribution is -2.47. The summed E-state index contributed by atoms with van der Waals surface area (Å²) in [6, 6.07) is 7.04. The molecule has 2 aromatic rings. The highest BCUT2D eigenvalue weighted by molar-refractivity contribution is 6.04. The maximum Gasteiger partial charge on any atom is 0.409 e. The lowest BCUT2D eigenvalue weighted by molar-refractivity contribution is -0.149. The highest BCUT2D eigenvalue weighted by atomic mass is 16.6. The number of esters is 2. The number of nitrogens with one attached hydrogen (secondary N) is 1. The third kappa shape index (κ3) is 5.57. The first-order valence-electron chi connectivity index (χ1n) is 10.5. The number of rotatable bonds is 7. The van der Waals surface area contributed by atoms with E-state index in [0.717, 1.165) is 0 Å². The first-order valence-corrected chi connectivity index (χ1v) is 10.5. The van der Waals surface area contributed by atoms with Gasteiger partial charge in [0.05, 0.1) is 19.3 Å². The molecule has 32 heavy (non-hydrogen) atoms. The minimum Gasteiger partial charge on any atom is -0.465 e. The molecule has 1 aliphatic heterocycles. The molecule has 172 valence electrons. The summed E-state index contributed by atoms with van der Waals surface area (Å²) in [4.78, 5) is 49.8. The second-order valence-electron chi connectivity index (χ2n) is 7.37. The Balaban J connectivity index is 1.48. The molecule has 1 saturated heterocycles. The number of hydrogen-bond donors (Lipinski definition) is 1.